The van der Waals surface area contributed by atoms with Crippen molar-refractivity contribution in [3.63, 3.8) is 0 Å². The van der Waals surface area contributed by atoms with Crippen molar-refractivity contribution in [2.45, 2.75) is 12.8 Å². The molecule has 9 nitrogen and oxygen atoms in total. The molecule has 0 saturated carbocycles. The number of hydrogen-bond donors (Lipinski definition) is 2. The van der Waals surface area contributed by atoms with Crippen LogP contribution in [0.25, 0.3) is 6.08 Å². The second-order valence-electron chi connectivity index (χ2n) is 7.25. The van der Waals surface area contributed by atoms with Gasteiger partial charge in [-0.15, -0.1) is 0 Å². The summed E-state index contributed by atoms with van der Waals surface area (Å²) >= 11 is 6.56. The molecular formula is C23H21N3O6S2. The predicted octanol–water partition coefficient (Wildman–Crippen LogP) is 2.87. The van der Waals surface area contributed by atoms with Crippen LogP contribution in [-0.2, 0) is 9.59 Å². The summed E-state index contributed by atoms with van der Waals surface area (Å²) in [6, 6.07) is 12.1. The maximum Gasteiger partial charge on any atom is 0.273 e. The number of carbonyl (C=O) groups excluding carboxylic acids is 3. The van der Waals surface area contributed by atoms with E-state index in [4.69, 9.17) is 26.4 Å². The molecule has 0 unspecified atom stereocenters. The van der Waals surface area contributed by atoms with Crippen molar-refractivity contribution in [2.75, 3.05) is 20.4 Å². The molecular weight excluding hydrogens is 478 g/mol. The minimum absolute atomic E-state index is 0.102. The highest BCUT2D eigenvalue weighted by atomic mass is 32.2. The van der Waals surface area contributed by atoms with Gasteiger partial charge in [-0.1, -0.05) is 42.2 Å². The van der Waals surface area contributed by atoms with Crippen molar-refractivity contribution in [3.05, 3.63) is 58.5 Å². The van der Waals surface area contributed by atoms with Gasteiger partial charge in [-0.3, -0.25) is 30.1 Å². The first-order valence-electron chi connectivity index (χ1n) is 10.3. The fourth-order valence-corrected chi connectivity index (χ4v) is 4.64. The molecule has 0 bridgehead atoms. The monoisotopic (exact) mass is 499 g/mol. The van der Waals surface area contributed by atoms with Gasteiger partial charge in [0, 0.05) is 13.0 Å². The van der Waals surface area contributed by atoms with Crippen LogP contribution in [-0.4, -0.2) is 47.4 Å². The van der Waals surface area contributed by atoms with E-state index in [0.29, 0.717) is 38.5 Å². The number of methoxy groups -OCH3 is 1. The Balaban J connectivity index is 1.26. The number of ether oxygens (including phenoxy) is 3. The van der Waals surface area contributed by atoms with Crippen LogP contribution >= 0.6 is 24.0 Å². The van der Waals surface area contributed by atoms with E-state index in [1.165, 1.54) is 23.8 Å². The average Bonchev–Trinajstić information content (AvgIpc) is 3.41. The third-order valence-electron chi connectivity index (χ3n) is 5.02. The van der Waals surface area contributed by atoms with Gasteiger partial charge < -0.3 is 14.2 Å². The first kappa shape index (κ1) is 23.6. The summed E-state index contributed by atoms with van der Waals surface area (Å²) in [6.07, 6.45) is 2.23. The Bertz CT molecular complexity index is 1180. The highest BCUT2D eigenvalue weighted by molar-refractivity contribution is 8.26. The Morgan fingerprint density at radius 2 is 1.97 bits per heavy atom. The molecule has 2 aromatic rings. The van der Waals surface area contributed by atoms with Gasteiger partial charge in [0.15, 0.2) is 11.5 Å². The van der Waals surface area contributed by atoms with Crippen LogP contribution in [0.3, 0.4) is 0 Å². The largest absolute Gasteiger partial charge is 0.496 e. The zero-order valence-electron chi connectivity index (χ0n) is 18.2. The maximum atomic E-state index is 12.8. The van der Waals surface area contributed by atoms with E-state index >= 15 is 0 Å². The zero-order chi connectivity index (χ0) is 24.1. The number of nitrogens with zero attached hydrogens (tertiary/aromatic N) is 1. The number of hydrazine groups is 1. The second-order valence-corrected chi connectivity index (χ2v) is 8.93. The molecule has 34 heavy (non-hydrogen) atoms. The third-order valence-corrected chi connectivity index (χ3v) is 6.40. The SMILES string of the molecule is COc1ccccc1C(=O)NNC(=O)CCCN1C(=O)C(=Cc2ccc3c(c2)OCO3)SC1=S. The molecule has 2 aliphatic rings. The number of thiocarbonyl (C=S) groups is 1. The van der Waals surface area contributed by atoms with Crippen molar-refractivity contribution in [1.29, 1.82) is 0 Å². The van der Waals surface area contributed by atoms with Gasteiger partial charge in [-0.25, -0.2) is 0 Å². The second kappa shape index (κ2) is 10.6. The zero-order valence-corrected chi connectivity index (χ0v) is 19.8. The van der Waals surface area contributed by atoms with E-state index in [1.54, 1.807) is 42.5 Å². The van der Waals surface area contributed by atoms with Crippen LogP contribution in [0.15, 0.2) is 47.4 Å². The summed E-state index contributed by atoms with van der Waals surface area (Å²) in [5.41, 5.74) is 5.84. The Hall–Kier alpha value is -3.57. The number of carbonyl (C=O) groups is 3. The van der Waals surface area contributed by atoms with Gasteiger partial charge >= 0.3 is 0 Å². The number of benzene rings is 2. The van der Waals surface area contributed by atoms with Gasteiger partial charge in [0.2, 0.25) is 12.7 Å². The van der Waals surface area contributed by atoms with Crippen LogP contribution in [0.5, 0.6) is 17.2 Å². The van der Waals surface area contributed by atoms with E-state index in [9.17, 15) is 14.4 Å². The maximum absolute atomic E-state index is 12.8. The fraction of sp³-hybridized carbons (Fsp3) is 0.217. The number of nitrogens with one attached hydrogen (secondary N) is 2. The molecule has 2 aliphatic heterocycles. The highest BCUT2D eigenvalue weighted by Crippen LogP contribution is 2.36. The Morgan fingerprint density at radius 1 is 1.18 bits per heavy atom. The molecule has 1 saturated heterocycles. The minimum atomic E-state index is -0.489. The molecule has 3 amide bonds. The predicted molar refractivity (Wildman–Crippen MR) is 130 cm³/mol. The molecule has 0 spiro atoms. The lowest BCUT2D eigenvalue weighted by Gasteiger charge is -2.14. The lowest BCUT2D eigenvalue weighted by Crippen LogP contribution is -2.42. The Kier molecular flexibility index (Phi) is 7.33. The number of hydrogen-bond acceptors (Lipinski definition) is 8. The Morgan fingerprint density at radius 3 is 2.79 bits per heavy atom. The first-order valence-corrected chi connectivity index (χ1v) is 11.6. The van der Waals surface area contributed by atoms with E-state index in [1.807, 2.05) is 6.07 Å². The van der Waals surface area contributed by atoms with Crippen molar-refractivity contribution in [1.82, 2.24) is 15.8 Å². The molecule has 2 aromatic carbocycles. The van der Waals surface area contributed by atoms with E-state index in [0.717, 1.165) is 5.56 Å². The van der Waals surface area contributed by atoms with E-state index < -0.39 is 5.91 Å². The normalized spacial score (nSPS) is 15.6. The number of para-hydroxylation sites is 1. The average molecular weight is 500 g/mol. The van der Waals surface area contributed by atoms with Gasteiger partial charge in [-0.05, 0) is 42.3 Å². The van der Waals surface area contributed by atoms with Crippen LogP contribution in [0.4, 0.5) is 0 Å². The number of amides is 3. The van der Waals surface area contributed by atoms with Crippen LogP contribution < -0.4 is 25.1 Å². The number of thioether (sulfide) groups is 1. The molecule has 0 aliphatic carbocycles. The number of rotatable bonds is 7. The molecule has 4 rings (SSSR count). The summed E-state index contributed by atoms with van der Waals surface area (Å²) in [7, 11) is 1.46. The smallest absolute Gasteiger partial charge is 0.273 e. The lowest BCUT2D eigenvalue weighted by atomic mass is 10.2. The summed E-state index contributed by atoms with van der Waals surface area (Å²) in [5.74, 6) is 0.617. The molecule has 2 N–H and O–H groups in total. The van der Waals surface area contributed by atoms with E-state index in [2.05, 4.69) is 10.9 Å². The summed E-state index contributed by atoms with van der Waals surface area (Å²) in [5, 5.41) is 0. The first-order chi connectivity index (χ1) is 16.5. The molecule has 11 heteroatoms. The quantitative estimate of drug-likeness (QED) is 0.340. The molecule has 2 heterocycles. The molecule has 0 aromatic heterocycles. The van der Waals surface area contributed by atoms with Gasteiger partial charge in [0.25, 0.3) is 11.8 Å². The summed E-state index contributed by atoms with van der Waals surface area (Å²) in [4.78, 5) is 39.1. The van der Waals surface area contributed by atoms with Crippen molar-refractivity contribution in [2.24, 2.45) is 0 Å². The molecule has 0 atom stereocenters. The molecule has 176 valence electrons. The highest BCUT2D eigenvalue weighted by Gasteiger charge is 2.31. The van der Waals surface area contributed by atoms with Crippen molar-refractivity contribution in [3.8, 4) is 17.2 Å². The van der Waals surface area contributed by atoms with Crippen molar-refractivity contribution < 1.29 is 28.6 Å². The van der Waals surface area contributed by atoms with Crippen molar-refractivity contribution >= 4 is 52.1 Å². The van der Waals surface area contributed by atoms with Gasteiger partial charge in [-0.2, -0.15) is 0 Å². The Labute approximate surface area is 205 Å². The summed E-state index contributed by atoms with van der Waals surface area (Å²) < 4.78 is 16.2. The topological polar surface area (TPSA) is 106 Å². The minimum Gasteiger partial charge on any atom is -0.496 e. The van der Waals surface area contributed by atoms with Gasteiger partial charge in [0.1, 0.15) is 10.1 Å². The van der Waals surface area contributed by atoms with E-state index in [-0.39, 0.29) is 31.6 Å². The third kappa shape index (κ3) is 5.32. The van der Waals surface area contributed by atoms with Crippen LogP contribution in [0, 0.1) is 0 Å². The number of fused-ring (bicyclic) bond motifs is 1. The van der Waals surface area contributed by atoms with Gasteiger partial charge in [0.05, 0.1) is 17.6 Å². The molecule has 1 fully saturated rings. The fourth-order valence-electron chi connectivity index (χ4n) is 3.33. The van der Waals surface area contributed by atoms with Crippen LogP contribution in [0.1, 0.15) is 28.8 Å². The standard InChI is InChI=1S/C23H21N3O6S2/c1-30-16-6-3-2-5-15(16)21(28)25-24-20(27)7-4-10-26-22(29)19(34-23(26)33)12-14-8-9-17-18(11-14)32-13-31-17/h2-3,5-6,8-9,11-12H,4,7,10,13H2,1H3,(H,24,27)(H,25,28). The summed E-state index contributed by atoms with van der Waals surface area (Å²) in [6.45, 7) is 0.468. The molecule has 0 radical (unpaired) electrons. The lowest BCUT2D eigenvalue weighted by molar-refractivity contribution is -0.124. The van der Waals surface area contributed by atoms with Crippen LogP contribution in [0.2, 0.25) is 0 Å².